The van der Waals surface area contributed by atoms with Gasteiger partial charge in [0.1, 0.15) is 0 Å². The van der Waals surface area contributed by atoms with Crippen molar-refractivity contribution in [2.45, 2.75) is 6.54 Å². The van der Waals surface area contributed by atoms with E-state index in [9.17, 15) is 0 Å². The second-order valence-corrected chi connectivity index (χ2v) is 4.38. The molecule has 0 atom stereocenters. The van der Waals surface area contributed by atoms with Crippen LogP contribution in [0.15, 0.2) is 24.3 Å². The van der Waals surface area contributed by atoms with Gasteiger partial charge in [-0.3, -0.25) is 0 Å². The first-order chi connectivity index (χ1) is 7.65. The Kier molecular flexibility index (Phi) is 5.29. The fourth-order valence-corrected chi connectivity index (χ4v) is 1.69. The summed E-state index contributed by atoms with van der Waals surface area (Å²) in [5.41, 5.74) is 2.67. The Hall–Kier alpha value is -1.06. The molecule has 3 nitrogen and oxygen atoms in total. The van der Waals surface area contributed by atoms with E-state index in [1.807, 2.05) is 7.05 Å². The topological polar surface area (TPSA) is 18.5 Å². The predicted octanol–water partition coefficient (Wildman–Crippen LogP) is 1.40. The lowest BCUT2D eigenvalue weighted by Crippen LogP contribution is -2.29. The van der Waals surface area contributed by atoms with Gasteiger partial charge in [-0.15, -0.1) is 0 Å². The number of nitrogens with zero attached hydrogens (tertiary/aromatic N) is 2. The zero-order chi connectivity index (χ0) is 12.0. The van der Waals surface area contributed by atoms with Crippen molar-refractivity contribution in [1.82, 2.24) is 10.2 Å². The van der Waals surface area contributed by atoms with Crippen LogP contribution in [0.25, 0.3) is 0 Å². The fraction of sp³-hybridized carbons (Fsp3) is 0.538. The summed E-state index contributed by atoms with van der Waals surface area (Å²) >= 11 is 0. The second-order valence-electron chi connectivity index (χ2n) is 4.38. The highest BCUT2D eigenvalue weighted by Gasteiger charge is 2.05. The molecule has 0 aliphatic carbocycles. The van der Waals surface area contributed by atoms with Crippen molar-refractivity contribution >= 4 is 5.69 Å². The van der Waals surface area contributed by atoms with Crippen molar-refractivity contribution in [3.05, 3.63) is 29.8 Å². The molecule has 1 aromatic rings. The van der Waals surface area contributed by atoms with E-state index in [1.54, 1.807) is 0 Å². The van der Waals surface area contributed by atoms with Crippen molar-refractivity contribution < 1.29 is 0 Å². The molecule has 0 aliphatic rings. The number of hydrogen-bond acceptors (Lipinski definition) is 3. The summed E-state index contributed by atoms with van der Waals surface area (Å²) in [5.74, 6) is 0. The molecule has 0 amide bonds. The fourth-order valence-electron chi connectivity index (χ4n) is 1.69. The highest BCUT2D eigenvalue weighted by molar-refractivity contribution is 5.53. The monoisotopic (exact) mass is 221 g/mol. The van der Waals surface area contributed by atoms with E-state index in [0.29, 0.717) is 0 Å². The zero-order valence-corrected chi connectivity index (χ0v) is 10.8. The normalized spacial score (nSPS) is 10.8. The Morgan fingerprint density at radius 2 is 1.75 bits per heavy atom. The van der Waals surface area contributed by atoms with Crippen LogP contribution in [-0.2, 0) is 6.54 Å². The number of nitrogens with one attached hydrogen (secondary N) is 1. The summed E-state index contributed by atoms with van der Waals surface area (Å²) in [7, 11) is 8.34. The minimum Gasteiger partial charge on any atom is -0.373 e. The van der Waals surface area contributed by atoms with Gasteiger partial charge < -0.3 is 15.1 Å². The minimum absolute atomic E-state index is 0.919. The van der Waals surface area contributed by atoms with E-state index in [1.165, 1.54) is 11.3 Å². The lowest BCUT2D eigenvalue weighted by Gasteiger charge is -2.24. The third-order valence-electron chi connectivity index (χ3n) is 2.65. The van der Waals surface area contributed by atoms with E-state index in [2.05, 4.69) is 60.5 Å². The zero-order valence-electron chi connectivity index (χ0n) is 10.8. The van der Waals surface area contributed by atoms with Crippen molar-refractivity contribution in [3.8, 4) is 0 Å². The van der Waals surface area contributed by atoms with Crippen LogP contribution in [0.4, 0.5) is 5.69 Å². The first-order valence-corrected chi connectivity index (χ1v) is 5.73. The third-order valence-corrected chi connectivity index (χ3v) is 2.65. The molecular formula is C13H23N3. The molecule has 0 aromatic heterocycles. The van der Waals surface area contributed by atoms with Crippen LogP contribution in [-0.4, -0.2) is 46.2 Å². The van der Waals surface area contributed by atoms with Gasteiger partial charge in [-0.2, -0.15) is 0 Å². The van der Waals surface area contributed by atoms with Crippen molar-refractivity contribution in [3.63, 3.8) is 0 Å². The number of hydrogen-bond donors (Lipinski definition) is 1. The van der Waals surface area contributed by atoms with Gasteiger partial charge in [0, 0.05) is 32.4 Å². The molecule has 3 heteroatoms. The lowest BCUT2D eigenvalue weighted by atomic mass is 10.1. The average molecular weight is 221 g/mol. The smallest absolute Gasteiger partial charge is 0.0409 e. The van der Waals surface area contributed by atoms with Gasteiger partial charge in [0.05, 0.1) is 0 Å². The van der Waals surface area contributed by atoms with Gasteiger partial charge in [-0.1, -0.05) is 18.2 Å². The molecule has 1 rings (SSSR count). The van der Waals surface area contributed by atoms with Crippen molar-refractivity contribution in [2.24, 2.45) is 0 Å². The first-order valence-electron chi connectivity index (χ1n) is 5.73. The standard InChI is InChI=1S/C13H23N3/c1-14-11-12-7-5-6-8-13(12)16(4)10-9-15(2)3/h5-8,14H,9-11H2,1-4H3. The summed E-state index contributed by atoms with van der Waals surface area (Å²) in [6.07, 6.45) is 0. The maximum Gasteiger partial charge on any atom is 0.0409 e. The first kappa shape index (κ1) is 13.0. The Labute approximate surface area is 99.1 Å². The molecule has 0 radical (unpaired) electrons. The van der Waals surface area contributed by atoms with E-state index in [4.69, 9.17) is 0 Å². The molecular weight excluding hydrogens is 198 g/mol. The molecule has 0 aliphatic heterocycles. The van der Waals surface area contributed by atoms with Crippen molar-refractivity contribution in [2.75, 3.05) is 46.2 Å². The molecule has 0 fully saturated rings. The molecule has 1 N–H and O–H groups in total. The average Bonchev–Trinajstić information content (AvgIpc) is 2.27. The predicted molar refractivity (Wildman–Crippen MR) is 71.0 cm³/mol. The van der Waals surface area contributed by atoms with E-state index in [0.717, 1.165) is 19.6 Å². The Balaban J connectivity index is 2.69. The molecule has 0 bridgehead atoms. The maximum absolute atomic E-state index is 3.21. The SMILES string of the molecule is CNCc1ccccc1N(C)CCN(C)C. The molecule has 0 unspecified atom stereocenters. The number of para-hydroxylation sites is 1. The van der Waals surface area contributed by atoms with E-state index >= 15 is 0 Å². The number of rotatable bonds is 6. The molecule has 0 saturated heterocycles. The molecule has 90 valence electrons. The van der Waals surface area contributed by atoms with Gasteiger partial charge in [-0.25, -0.2) is 0 Å². The van der Waals surface area contributed by atoms with Crippen LogP contribution in [0.3, 0.4) is 0 Å². The molecule has 0 heterocycles. The number of anilines is 1. The minimum atomic E-state index is 0.919. The van der Waals surface area contributed by atoms with Crippen LogP contribution in [0.1, 0.15) is 5.56 Å². The van der Waals surface area contributed by atoms with E-state index in [-0.39, 0.29) is 0 Å². The molecule has 1 aromatic carbocycles. The van der Waals surface area contributed by atoms with E-state index < -0.39 is 0 Å². The van der Waals surface area contributed by atoms with Crippen LogP contribution in [0.5, 0.6) is 0 Å². The van der Waals surface area contributed by atoms with Crippen LogP contribution in [0.2, 0.25) is 0 Å². The Morgan fingerprint density at radius 1 is 1.06 bits per heavy atom. The second kappa shape index (κ2) is 6.51. The molecule has 0 saturated carbocycles. The van der Waals surface area contributed by atoms with Gasteiger partial charge in [0.25, 0.3) is 0 Å². The number of benzene rings is 1. The lowest BCUT2D eigenvalue weighted by molar-refractivity contribution is 0.416. The quantitative estimate of drug-likeness (QED) is 0.783. The van der Waals surface area contributed by atoms with Gasteiger partial charge >= 0.3 is 0 Å². The van der Waals surface area contributed by atoms with Crippen molar-refractivity contribution in [1.29, 1.82) is 0 Å². The summed E-state index contributed by atoms with van der Waals surface area (Å²) in [6, 6.07) is 8.55. The highest BCUT2D eigenvalue weighted by atomic mass is 15.2. The maximum atomic E-state index is 3.21. The Bertz CT molecular complexity index is 310. The Morgan fingerprint density at radius 3 is 2.38 bits per heavy atom. The summed E-state index contributed by atoms with van der Waals surface area (Å²) in [4.78, 5) is 4.52. The van der Waals surface area contributed by atoms with Gasteiger partial charge in [0.15, 0.2) is 0 Å². The highest BCUT2D eigenvalue weighted by Crippen LogP contribution is 2.18. The number of likely N-dealkylation sites (N-methyl/N-ethyl adjacent to an activating group) is 2. The molecule has 16 heavy (non-hydrogen) atoms. The van der Waals surface area contributed by atoms with Crippen LogP contribution >= 0.6 is 0 Å². The van der Waals surface area contributed by atoms with Gasteiger partial charge in [0.2, 0.25) is 0 Å². The third kappa shape index (κ3) is 3.83. The van der Waals surface area contributed by atoms with Gasteiger partial charge in [-0.05, 0) is 32.8 Å². The summed E-state index contributed by atoms with van der Waals surface area (Å²) < 4.78 is 0. The molecule has 0 spiro atoms. The summed E-state index contributed by atoms with van der Waals surface area (Å²) in [5, 5.41) is 3.21. The largest absolute Gasteiger partial charge is 0.373 e. The van der Waals surface area contributed by atoms with Crippen LogP contribution < -0.4 is 10.2 Å². The summed E-state index contributed by atoms with van der Waals surface area (Å²) in [6.45, 7) is 3.04. The van der Waals surface area contributed by atoms with Crippen LogP contribution in [0, 0.1) is 0 Å².